The normalized spacial score (nSPS) is 46.4. The SMILES string of the molecule is CC(C)[C@H](C)[C@H](C)[C@H](C)[C@@H](C)[C@H]1CC[C@H]2[C@@H]3CC=C4C[C@@H](O)CC[C@]4(C)[C@H]3CC[C@]12C. The van der Waals surface area contributed by atoms with Gasteiger partial charge < -0.3 is 5.11 Å². The van der Waals surface area contributed by atoms with Crippen LogP contribution in [-0.2, 0) is 0 Å². The molecule has 3 fully saturated rings. The highest BCUT2D eigenvalue weighted by molar-refractivity contribution is 5.25. The molecular weight excluding hydrogens is 376 g/mol. The molecule has 0 saturated heterocycles. The van der Waals surface area contributed by atoms with Gasteiger partial charge in [-0.25, -0.2) is 0 Å². The Morgan fingerprint density at radius 1 is 0.839 bits per heavy atom. The minimum Gasteiger partial charge on any atom is -0.393 e. The van der Waals surface area contributed by atoms with Crippen molar-refractivity contribution >= 4 is 0 Å². The molecule has 4 aliphatic rings. The van der Waals surface area contributed by atoms with Crippen LogP contribution in [0.3, 0.4) is 0 Å². The quantitative estimate of drug-likeness (QED) is 0.438. The van der Waals surface area contributed by atoms with Gasteiger partial charge in [0.05, 0.1) is 6.10 Å². The number of fused-ring (bicyclic) bond motifs is 5. The Balaban J connectivity index is 1.53. The average Bonchev–Trinajstić information content (AvgIpc) is 3.09. The third kappa shape index (κ3) is 3.77. The van der Waals surface area contributed by atoms with E-state index in [1.807, 2.05) is 0 Å². The summed E-state index contributed by atoms with van der Waals surface area (Å²) in [4.78, 5) is 0. The van der Waals surface area contributed by atoms with Crippen LogP contribution in [0.1, 0.15) is 107 Å². The lowest BCUT2D eigenvalue weighted by Crippen LogP contribution is -2.51. The van der Waals surface area contributed by atoms with Crippen molar-refractivity contribution < 1.29 is 5.11 Å². The number of allylic oxidation sites excluding steroid dienone is 1. The smallest absolute Gasteiger partial charge is 0.0577 e. The van der Waals surface area contributed by atoms with Gasteiger partial charge in [-0.05, 0) is 115 Å². The van der Waals surface area contributed by atoms with Crippen molar-refractivity contribution in [3.8, 4) is 0 Å². The Hall–Kier alpha value is -0.300. The van der Waals surface area contributed by atoms with Crippen molar-refractivity contribution in [3.05, 3.63) is 11.6 Å². The van der Waals surface area contributed by atoms with Crippen molar-refractivity contribution in [1.29, 1.82) is 0 Å². The van der Waals surface area contributed by atoms with Gasteiger partial charge in [0.25, 0.3) is 0 Å². The van der Waals surface area contributed by atoms with Crippen molar-refractivity contribution in [1.82, 2.24) is 0 Å². The van der Waals surface area contributed by atoms with Crippen molar-refractivity contribution in [2.45, 2.75) is 113 Å². The summed E-state index contributed by atoms with van der Waals surface area (Å²) in [5, 5.41) is 10.3. The van der Waals surface area contributed by atoms with Gasteiger partial charge in [0.1, 0.15) is 0 Å². The number of hydrogen-bond donors (Lipinski definition) is 1. The summed E-state index contributed by atoms with van der Waals surface area (Å²) in [6.45, 7) is 20.3. The maximum atomic E-state index is 10.3. The fourth-order valence-corrected chi connectivity index (χ4v) is 9.48. The lowest BCUT2D eigenvalue weighted by atomic mass is 9.46. The molecule has 0 spiro atoms. The highest BCUT2D eigenvalue weighted by atomic mass is 16.3. The second-order valence-corrected chi connectivity index (χ2v) is 13.6. The van der Waals surface area contributed by atoms with Gasteiger partial charge in [-0.15, -0.1) is 0 Å². The van der Waals surface area contributed by atoms with Crippen LogP contribution in [0.5, 0.6) is 0 Å². The third-order valence-corrected chi connectivity index (χ3v) is 12.3. The topological polar surface area (TPSA) is 20.2 Å². The van der Waals surface area contributed by atoms with Gasteiger partial charge in [0.2, 0.25) is 0 Å². The van der Waals surface area contributed by atoms with Crippen LogP contribution < -0.4 is 0 Å². The molecular formula is C30H52O. The zero-order valence-corrected chi connectivity index (χ0v) is 22.0. The first-order valence-corrected chi connectivity index (χ1v) is 13.9. The van der Waals surface area contributed by atoms with Crippen molar-refractivity contribution in [2.75, 3.05) is 0 Å². The van der Waals surface area contributed by atoms with Gasteiger partial charge in [-0.3, -0.25) is 0 Å². The Labute approximate surface area is 193 Å². The molecule has 0 bridgehead atoms. The largest absolute Gasteiger partial charge is 0.393 e. The van der Waals surface area contributed by atoms with E-state index in [1.165, 1.54) is 38.5 Å². The van der Waals surface area contributed by atoms with Crippen LogP contribution in [-0.4, -0.2) is 11.2 Å². The number of aliphatic hydroxyl groups excluding tert-OH is 1. The molecule has 0 radical (unpaired) electrons. The Morgan fingerprint density at radius 2 is 1.55 bits per heavy atom. The van der Waals surface area contributed by atoms with E-state index < -0.39 is 0 Å². The first-order chi connectivity index (χ1) is 14.5. The van der Waals surface area contributed by atoms with Crippen LogP contribution >= 0.6 is 0 Å². The number of aliphatic hydroxyl groups is 1. The molecule has 0 amide bonds. The minimum absolute atomic E-state index is 0.0850. The van der Waals surface area contributed by atoms with Crippen LogP contribution in [0.25, 0.3) is 0 Å². The lowest BCUT2D eigenvalue weighted by molar-refractivity contribution is -0.0630. The van der Waals surface area contributed by atoms with E-state index in [1.54, 1.807) is 5.57 Å². The van der Waals surface area contributed by atoms with E-state index in [2.05, 4.69) is 61.5 Å². The van der Waals surface area contributed by atoms with Gasteiger partial charge in [-0.1, -0.05) is 67.0 Å². The van der Waals surface area contributed by atoms with Crippen LogP contribution in [0.4, 0.5) is 0 Å². The zero-order valence-electron chi connectivity index (χ0n) is 22.0. The lowest BCUT2D eigenvalue weighted by Gasteiger charge is -2.58. The third-order valence-electron chi connectivity index (χ3n) is 12.3. The van der Waals surface area contributed by atoms with E-state index in [4.69, 9.17) is 0 Å². The van der Waals surface area contributed by atoms with Crippen LogP contribution in [0.15, 0.2) is 11.6 Å². The van der Waals surface area contributed by atoms with Gasteiger partial charge >= 0.3 is 0 Å². The van der Waals surface area contributed by atoms with E-state index >= 15 is 0 Å². The second kappa shape index (κ2) is 8.48. The summed E-state index contributed by atoms with van der Waals surface area (Å²) in [7, 11) is 0. The van der Waals surface area contributed by atoms with Crippen molar-refractivity contribution in [3.63, 3.8) is 0 Å². The second-order valence-electron chi connectivity index (χ2n) is 13.6. The Kier molecular flexibility index (Phi) is 6.53. The summed E-state index contributed by atoms with van der Waals surface area (Å²) >= 11 is 0. The molecule has 1 N–H and O–H groups in total. The van der Waals surface area contributed by atoms with Gasteiger partial charge in [0.15, 0.2) is 0 Å². The molecule has 0 heterocycles. The standard InChI is InChI=1S/C30H52O/c1-18(2)19(3)20(4)21(5)22(6)26-11-12-27-25-10-9-23-17-24(31)13-15-29(23,7)28(25)14-16-30(26,27)8/h9,18-22,24-28,31H,10-17H2,1-8H3/t19-,20-,21-,22+,24-,25-,26+,27-,28-,29-,30+/m0/s1. The number of rotatable bonds is 5. The predicted octanol–water partition coefficient (Wildman–Crippen LogP) is 8.13. The van der Waals surface area contributed by atoms with Crippen LogP contribution in [0, 0.1) is 64.1 Å². The summed E-state index contributed by atoms with van der Waals surface area (Å²) in [5.74, 6) is 7.62. The maximum absolute atomic E-state index is 10.3. The molecule has 178 valence electrons. The average molecular weight is 429 g/mol. The molecule has 0 aromatic carbocycles. The van der Waals surface area contributed by atoms with Gasteiger partial charge in [0, 0.05) is 0 Å². The molecule has 3 saturated carbocycles. The highest BCUT2D eigenvalue weighted by Crippen LogP contribution is 2.67. The summed E-state index contributed by atoms with van der Waals surface area (Å²) in [5.41, 5.74) is 2.54. The predicted molar refractivity (Wildman–Crippen MR) is 133 cm³/mol. The molecule has 31 heavy (non-hydrogen) atoms. The van der Waals surface area contributed by atoms with E-state index in [0.717, 1.165) is 66.1 Å². The van der Waals surface area contributed by atoms with Crippen molar-refractivity contribution in [2.24, 2.45) is 64.1 Å². The molecule has 0 aromatic heterocycles. The Bertz CT molecular complexity index is 678. The fourth-order valence-electron chi connectivity index (χ4n) is 9.48. The summed E-state index contributed by atoms with van der Waals surface area (Å²) < 4.78 is 0. The summed E-state index contributed by atoms with van der Waals surface area (Å²) in [6.07, 6.45) is 12.8. The van der Waals surface area contributed by atoms with E-state index in [0.29, 0.717) is 10.8 Å². The fraction of sp³-hybridized carbons (Fsp3) is 0.933. The first kappa shape index (κ1) is 23.8. The highest BCUT2D eigenvalue weighted by Gasteiger charge is 2.59. The monoisotopic (exact) mass is 428 g/mol. The molecule has 0 aromatic rings. The van der Waals surface area contributed by atoms with Crippen LogP contribution in [0.2, 0.25) is 0 Å². The first-order valence-electron chi connectivity index (χ1n) is 13.9. The summed E-state index contributed by atoms with van der Waals surface area (Å²) in [6, 6.07) is 0. The Morgan fingerprint density at radius 3 is 2.23 bits per heavy atom. The molecule has 1 heteroatoms. The molecule has 4 rings (SSSR count). The molecule has 4 aliphatic carbocycles. The zero-order chi connectivity index (χ0) is 22.7. The van der Waals surface area contributed by atoms with E-state index in [-0.39, 0.29) is 6.10 Å². The molecule has 0 unspecified atom stereocenters. The molecule has 11 atom stereocenters. The molecule has 1 nitrogen and oxygen atoms in total. The number of hydrogen-bond acceptors (Lipinski definition) is 1. The van der Waals surface area contributed by atoms with E-state index in [9.17, 15) is 5.11 Å². The maximum Gasteiger partial charge on any atom is 0.0577 e. The molecule has 0 aliphatic heterocycles. The van der Waals surface area contributed by atoms with Gasteiger partial charge in [-0.2, -0.15) is 0 Å². The minimum atomic E-state index is -0.0850.